The predicted molar refractivity (Wildman–Crippen MR) is 77.7 cm³/mol. The number of anilines is 1. The van der Waals surface area contributed by atoms with E-state index < -0.39 is 0 Å². The summed E-state index contributed by atoms with van der Waals surface area (Å²) in [6.45, 7) is 0.991. The van der Waals surface area contributed by atoms with Crippen LogP contribution in [0.5, 0.6) is 0 Å². The molecule has 0 bridgehead atoms. The van der Waals surface area contributed by atoms with Gasteiger partial charge in [0.2, 0.25) is 11.0 Å². The van der Waals surface area contributed by atoms with Gasteiger partial charge in [-0.1, -0.05) is 17.8 Å². The van der Waals surface area contributed by atoms with Crippen LogP contribution in [-0.4, -0.2) is 40.6 Å². The van der Waals surface area contributed by atoms with Gasteiger partial charge in [-0.3, -0.25) is 4.79 Å². The van der Waals surface area contributed by atoms with Crippen LogP contribution in [0, 0.1) is 11.3 Å². The van der Waals surface area contributed by atoms with Crippen molar-refractivity contribution in [3.63, 3.8) is 0 Å². The Morgan fingerprint density at radius 2 is 2.25 bits per heavy atom. The van der Waals surface area contributed by atoms with Crippen LogP contribution >= 0.6 is 11.3 Å². The van der Waals surface area contributed by atoms with E-state index in [9.17, 15) is 4.79 Å². The Bertz CT molecular complexity index is 535. The fourth-order valence-electron chi connectivity index (χ4n) is 3.90. The molecule has 1 aliphatic heterocycles. The second kappa shape index (κ2) is 4.41. The predicted octanol–water partition coefficient (Wildman–Crippen LogP) is 1.91. The first-order chi connectivity index (χ1) is 9.72. The molecular weight excluding hydrogens is 272 g/mol. The number of nitrogens with one attached hydrogen (secondary N) is 1. The molecule has 108 valence electrons. The lowest BCUT2D eigenvalue weighted by Crippen LogP contribution is -2.70. The fraction of sp³-hybridized carbons (Fsp3) is 0.786. The zero-order chi connectivity index (χ0) is 13.7. The van der Waals surface area contributed by atoms with Crippen molar-refractivity contribution >= 4 is 22.4 Å². The molecule has 1 N–H and O–H groups in total. The molecule has 3 fully saturated rings. The van der Waals surface area contributed by atoms with Gasteiger partial charge < -0.3 is 10.2 Å². The maximum Gasteiger partial charge on any atom is 0.229 e. The lowest BCUT2D eigenvalue weighted by molar-refractivity contribution is -0.170. The summed E-state index contributed by atoms with van der Waals surface area (Å²) in [4.78, 5) is 14.6. The lowest BCUT2D eigenvalue weighted by Gasteiger charge is -2.63. The average Bonchev–Trinajstić information content (AvgIpc) is 3.04. The van der Waals surface area contributed by atoms with Gasteiger partial charge in [-0.25, -0.2) is 0 Å². The third kappa shape index (κ3) is 1.84. The second-order valence-corrected chi connectivity index (χ2v) is 7.51. The molecule has 1 atom stereocenters. The molecule has 2 aliphatic carbocycles. The minimum absolute atomic E-state index is 0.248. The maximum atomic E-state index is 12.5. The van der Waals surface area contributed by atoms with Crippen molar-refractivity contribution in [2.75, 3.05) is 18.9 Å². The number of hydrogen-bond acceptors (Lipinski definition) is 5. The third-order valence-electron chi connectivity index (χ3n) is 5.17. The summed E-state index contributed by atoms with van der Waals surface area (Å²) in [5, 5.41) is 12.7. The smallest absolute Gasteiger partial charge is 0.229 e. The number of hydrogen-bond donors (Lipinski definition) is 1. The Labute approximate surface area is 122 Å². The van der Waals surface area contributed by atoms with Gasteiger partial charge in [0.1, 0.15) is 5.01 Å². The molecule has 1 saturated heterocycles. The van der Waals surface area contributed by atoms with Crippen molar-refractivity contribution in [1.29, 1.82) is 0 Å². The highest BCUT2D eigenvalue weighted by Crippen LogP contribution is 2.59. The van der Waals surface area contributed by atoms with E-state index >= 15 is 0 Å². The molecule has 0 radical (unpaired) electrons. The van der Waals surface area contributed by atoms with Crippen LogP contribution in [0.1, 0.15) is 37.1 Å². The zero-order valence-electron chi connectivity index (χ0n) is 11.8. The van der Waals surface area contributed by atoms with Crippen molar-refractivity contribution in [3.05, 3.63) is 5.01 Å². The standard InChI is InChI=1S/C14H20N4OS/c1-15-13-17-16-10(20-13)7-11(19)18-8-14(5-2-6-14)12(18)9-3-4-9/h9,12H,2-8H2,1H3,(H,15,17). The molecule has 6 heteroatoms. The highest BCUT2D eigenvalue weighted by Gasteiger charge is 2.61. The van der Waals surface area contributed by atoms with E-state index in [1.165, 1.54) is 43.4 Å². The van der Waals surface area contributed by atoms with E-state index in [1.54, 1.807) is 0 Å². The van der Waals surface area contributed by atoms with E-state index in [1.807, 2.05) is 7.05 Å². The molecule has 1 amide bonds. The Hall–Kier alpha value is -1.17. The van der Waals surface area contributed by atoms with Crippen molar-refractivity contribution in [3.8, 4) is 0 Å². The molecule has 3 aliphatic rings. The first-order valence-corrected chi connectivity index (χ1v) is 8.33. The molecule has 20 heavy (non-hydrogen) atoms. The van der Waals surface area contributed by atoms with E-state index in [4.69, 9.17) is 0 Å². The highest BCUT2D eigenvalue weighted by atomic mass is 32.1. The SMILES string of the molecule is CNc1nnc(CC(=O)N2CC3(CCC3)C2C2CC2)s1. The summed E-state index contributed by atoms with van der Waals surface area (Å²) < 4.78 is 0. The number of likely N-dealkylation sites (tertiary alicyclic amines) is 1. The Morgan fingerprint density at radius 1 is 1.45 bits per heavy atom. The van der Waals surface area contributed by atoms with Crippen molar-refractivity contribution in [2.45, 2.75) is 44.6 Å². The van der Waals surface area contributed by atoms with E-state index in [0.29, 0.717) is 17.9 Å². The van der Waals surface area contributed by atoms with Crippen molar-refractivity contribution < 1.29 is 4.79 Å². The molecule has 0 aromatic carbocycles. The van der Waals surface area contributed by atoms with Crippen molar-refractivity contribution in [1.82, 2.24) is 15.1 Å². The summed E-state index contributed by atoms with van der Waals surface area (Å²) >= 11 is 1.48. The highest BCUT2D eigenvalue weighted by molar-refractivity contribution is 7.15. The number of nitrogens with zero attached hydrogens (tertiary/aromatic N) is 3. The number of rotatable bonds is 4. The number of amides is 1. The summed E-state index contributed by atoms with van der Waals surface area (Å²) in [7, 11) is 1.82. The third-order valence-corrected chi connectivity index (χ3v) is 6.11. The van der Waals surface area contributed by atoms with Crippen LogP contribution in [0.3, 0.4) is 0 Å². The molecule has 5 nitrogen and oxygen atoms in total. The van der Waals surface area contributed by atoms with Gasteiger partial charge in [0.25, 0.3) is 0 Å². The van der Waals surface area contributed by atoms with Crippen LogP contribution in [-0.2, 0) is 11.2 Å². The van der Waals surface area contributed by atoms with Gasteiger partial charge in [-0.05, 0) is 31.6 Å². The van der Waals surface area contributed by atoms with Crippen LogP contribution in [0.4, 0.5) is 5.13 Å². The largest absolute Gasteiger partial charge is 0.363 e. The molecule has 2 heterocycles. The minimum atomic E-state index is 0.248. The number of carbonyl (C=O) groups is 1. The first kappa shape index (κ1) is 12.6. The molecular formula is C14H20N4OS. The summed E-state index contributed by atoms with van der Waals surface area (Å²) in [5.74, 6) is 1.04. The normalized spacial score (nSPS) is 27.1. The topological polar surface area (TPSA) is 58.1 Å². The molecule has 1 spiro atoms. The quantitative estimate of drug-likeness (QED) is 0.921. The molecule has 1 aromatic heterocycles. The first-order valence-electron chi connectivity index (χ1n) is 7.51. The van der Waals surface area contributed by atoms with Crippen LogP contribution in [0.15, 0.2) is 0 Å². The monoisotopic (exact) mass is 292 g/mol. The Kier molecular flexibility index (Phi) is 2.77. The summed E-state index contributed by atoms with van der Waals surface area (Å²) in [5.41, 5.74) is 0.508. The van der Waals surface area contributed by atoms with E-state index in [-0.39, 0.29) is 5.91 Å². The second-order valence-electron chi connectivity index (χ2n) is 6.45. The van der Waals surface area contributed by atoms with Gasteiger partial charge >= 0.3 is 0 Å². The van der Waals surface area contributed by atoms with Gasteiger partial charge in [0.05, 0.1) is 6.42 Å². The van der Waals surface area contributed by atoms with Crippen LogP contribution in [0.2, 0.25) is 0 Å². The number of aromatic nitrogens is 2. The lowest BCUT2D eigenvalue weighted by atomic mass is 9.56. The summed E-state index contributed by atoms with van der Waals surface area (Å²) in [6, 6.07) is 0.542. The van der Waals surface area contributed by atoms with Crippen LogP contribution in [0.25, 0.3) is 0 Å². The maximum absolute atomic E-state index is 12.5. The van der Waals surface area contributed by atoms with Gasteiger partial charge in [-0.2, -0.15) is 0 Å². The average molecular weight is 292 g/mol. The molecule has 1 aromatic rings. The van der Waals surface area contributed by atoms with Gasteiger partial charge in [-0.15, -0.1) is 10.2 Å². The van der Waals surface area contributed by atoms with Gasteiger partial charge in [0.15, 0.2) is 0 Å². The Balaban J connectivity index is 1.43. The molecule has 2 saturated carbocycles. The molecule has 1 unspecified atom stereocenters. The van der Waals surface area contributed by atoms with E-state index in [0.717, 1.165) is 22.6 Å². The molecule has 4 rings (SSSR count). The Morgan fingerprint density at radius 3 is 2.80 bits per heavy atom. The fourth-order valence-corrected chi connectivity index (χ4v) is 4.58. The van der Waals surface area contributed by atoms with Gasteiger partial charge in [0, 0.05) is 25.0 Å². The number of carbonyl (C=O) groups excluding carboxylic acids is 1. The van der Waals surface area contributed by atoms with Crippen molar-refractivity contribution in [2.24, 2.45) is 11.3 Å². The zero-order valence-corrected chi connectivity index (χ0v) is 12.6. The van der Waals surface area contributed by atoms with E-state index in [2.05, 4.69) is 20.4 Å². The minimum Gasteiger partial charge on any atom is -0.363 e. The van der Waals surface area contributed by atoms with Crippen LogP contribution < -0.4 is 5.32 Å². The summed E-state index contributed by atoms with van der Waals surface area (Å²) in [6.07, 6.45) is 7.07.